The van der Waals surface area contributed by atoms with Crippen molar-refractivity contribution in [2.45, 2.75) is 18.9 Å². The van der Waals surface area contributed by atoms with Gasteiger partial charge in [0.1, 0.15) is 5.41 Å². The molecule has 0 saturated heterocycles. The fourth-order valence-electron chi connectivity index (χ4n) is 3.19. The minimum absolute atomic E-state index is 0.149. The van der Waals surface area contributed by atoms with E-state index < -0.39 is 11.0 Å². The predicted molar refractivity (Wildman–Crippen MR) is 89.0 cm³/mol. The third-order valence-corrected chi connectivity index (χ3v) is 4.76. The van der Waals surface area contributed by atoms with E-state index in [4.69, 9.17) is 5.73 Å². The Bertz CT molecular complexity index is 787. The summed E-state index contributed by atoms with van der Waals surface area (Å²) in [5.74, 6) is -0.105. The molecule has 1 aliphatic carbocycles. The molecule has 0 fully saturated rings. The third kappa shape index (κ3) is 2.07. The first kappa shape index (κ1) is 15.0. The Morgan fingerprint density at radius 1 is 1.35 bits per heavy atom. The first-order valence-corrected chi connectivity index (χ1v) is 7.42. The maximum absolute atomic E-state index is 12.7. The summed E-state index contributed by atoms with van der Waals surface area (Å²) >= 11 is 0. The van der Waals surface area contributed by atoms with Crippen molar-refractivity contribution in [1.82, 2.24) is 4.90 Å². The molecule has 1 aliphatic heterocycles. The van der Waals surface area contributed by atoms with E-state index in [2.05, 4.69) is 11.1 Å². The van der Waals surface area contributed by atoms with Crippen LogP contribution >= 0.6 is 0 Å². The van der Waals surface area contributed by atoms with Gasteiger partial charge in [-0.05, 0) is 24.5 Å². The second-order valence-corrected chi connectivity index (χ2v) is 6.08. The molecule has 1 aromatic carbocycles. The molecule has 0 saturated carbocycles. The van der Waals surface area contributed by atoms with Crippen LogP contribution in [0.4, 0.5) is 0 Å². The Morgan fingerprint density at radius 3 is 2.61 bits per heavy atom. The molecule has 0 spiro atoms. The molecule has 5 heteroatoms. The molecule has 23 heavy (non-hydrogen) atoms. The van der Waals surface area contributed by atoms with Crippen LogP contribution in [-0.4, -0.2) is 29.4 Å². The number of nitriles is 1. The van der Waals surface area contributed by atoms with Crippen LogP contribution in [0.25, 0.3) is 5.57 Å². The zero-order valence-corrected chi connectivity index (χ0v) is 13.2. The number of aliphatic imine (C=N–C) groups is 1. The van der Waals surface area contributed by atoms with Gasteiger partial charge in [-0.2, -0.15) is 5.26 Å². The van der Waals surface area contributed by atoms with Crippen LogP contribution in [0.2, 0.25) is 0 Å². The Labute approximate surface area is 135 Å². The summed E-state index contributed by atoms with van der Waals surface area (Å²) < 4.78 is 0. The van der Waals surface area contributed by atoms with Gasteiger partial charge in [-0.25, -0.2) is 4.99 Å². The zero-order valence-electron chi connectivity index (χ0n) is 13.2. The number of nitrogens with zero attached hydrogens (tertiary/aromatic N) is 3. The highest BCUT2D eigenvalue weighted by atomic mass is 16.2. The minimum Gasteiger partial charge on any atom is -0.369 e. The number of amides is 1. The summed E-state index contributed by atoms with van der Waals surface area (Å²) in [6.07, 6.45) is 5.99. The quantitative estimate of drug-likeness (QED) is 0.908. The van der Waals surface area contributed by atoms with Gasteiger partial charge in [-0.15, -0.1) is 0 Å². The van der Waals surface area contributed by atoms with Gasteiger partial charge in [0.05, 0.1) is 6.07 Å². The highest BCUT2D eigenvalue weighted by Gasteiger charge is 2.58. The van der Waals surface area contributed by atoms with Crippen molar-refractivity contribution in [1.29, 1.82) is 5.26 Å². The number of likely N-dealkylation sites (N-methyl/N-ethyl adjacent to an activating group) is 1. The van der Waals surface area contributed by atoms with Gasteiger partial charge in [0.2, 0.25) is 0 Å². The first-order valence-electron chi connectivity index (χ1n) is 7.42. The zero-order chi connectivity index (χ0) is 16.7. The van der Waals surface area contributed by atoms with Crippen LogP contribution in [0.1, 0.15) is 18.9 Å². The number of benzene rings is 1. The maximum atomic E-state index is 12.7. The molecule has 1 aromatic rings. The van der Waals surface area contributed by atoms with Crippen LogP contribution < -0.4 is 5.73 Å². The number of rotatable bonds is 2. The predicted octanol–water partition coefficient (Wildman–Crippen LogP) is 2.09. The highest BCUT2D eigenvalue weighted by Crippen LogP contribution is 2.47. The lowest BCUT2D eigenvalue weighted by atomic mass is 9.65. The van der Waals surface area contributed by atoms with Crippen molar-refractivity contribution in [3.63, 3.8) is 0 Å². The number of carbonyl (C=O) groups excluding carboxylic acids is 1. The summed E-state index contributed by atoms with van der Waals surface area (Å²) in [6, 6.07) is 12.2. The third-order valence-electron chi connectivity index (χ3n) is 4.76. The second-order valence-electron chi connectivity index (χ2n) is 6.08. The van der Waals surface area contributed by atoms with Crippen LogP contribution in [0, 0.1) is 16.7 Å². The van der Waals surface area contributed by atoms with Crippen molar-refractivity contribution in [3.05, 3.63) is 54.1 Å². The van der Waals surface area contributed by atoms with E-state index >= 15 is 0 Å². The summed E-state index contributed by atoms with van der Waals surface area (Å²) in [5, 5.41) is 9.91. The Balaban J connectivity index is 2.05. The standard InChI is InChI=1S/C18H18N4O/c1-17(15(23)22(2)16(20)21-17)18(12-19)10-6-9-14(11-18)13-7-4-3-5-8-13/h3-10H,11H2,1-2H3,(H2,20,21). The van der Waals surface area contributed by atoms with Gasteiger partial charge in [-0.1, -0.05) is 48.6 Å². The van der Waals surface area contributed by atoms with Crippen LogP contribution in [-0.2, 0) is 4.79 Å². The van der Waals surface area contributed by atoms with Gasteiger partial charge < -0.3 is 5.73 Å². The topological polar surface area (TPSA) is 82.5 Å². The second kappa shape index (κ2) is 5.10. The molecule has 2 N–H and O–H groups in total. The molecule has 0 bridgehead atoms. The molecule has 3 rings (SSSR count). The number of carbonyl (C=O) groups is 1. The maximum Gasteiger partial charge on any atom is 0.258 e. The van der Waals surface area contributed by atoms with Crippen molar-refractivity contribution in [2.75, 3.05) is 7.05 Å². The normalized spacial score (nSPS) is 30.0. The number of hydrogen-bond donors (Lipinski definition) is 1. The number of nitrogens with two attached hydrogens (primary N) is 1. The van der Waals surface area contributed by atoms with Gasteiger partial charge in [0.15, 0.2) is 11.5 Å². The van der Waals surface area contributed by atoms with E-state index in [1.165, 1.54) is 4.90 Å². The van der Waals surface area contributed by atoms with Gasteiger partial charge in [0, 0.05) is 7.05 Å². The fraction of sp³-hybridized carbons (Fsp3) is 0.278. The van der Waals surface area contributed by atoms with E-state index in [1.807, 2.05) is 42.5 Å². The highest BCUT2D eigenvalue weighted by molar-refractivity contribution is 6.07. The summed E-state index contributed by atoms with van der Waals surface area (Å²) in [4.78, 5) is 18.3. The molecule has 2 atom stereocenters. The van der Waals surface area contributed by atoms with Crippen LogP contribution in [0.15, 0.2) is 53.6 Å². The molecule has 0 radical (unpaired) electrons. The minimum atomic E-state index is -1.22. The van der Waals surface area contributed by atoms with Crippen molar-refractivity contribution in [3.8, 4) is 6.07 Å². The lowest BCUT2D eigenvalue weighted by Crippen LogP contribution is -2.51. The van der Waals surface area contributed by atoms with E-state index in [0.29, 0.717) is 6.42 Å². The van der Waals surface area contributed by atoms with Gasteiger partial charge in [0.25, 0.3) is 5.91 Å². The molecular weight excluding hydrogens is 288 g/mol. The molecule has 1 amide bonds. The summed E-state index contributed by atoms with van der Waals surface area (Å²) in [7, 11) is 1.58. The smallest absolute Gasteiger partial charge is 0.258 e. The molecule has 1 heterocycles. The molecular formula is C18H18N4O. The lowest BCUT2D eigenvalue weighted by molar-refractivity contribution is -0.132. The van der Waals surface area contributed by atoms with Crippen LogP contribution in [0.5, 0.6) is 0 Å². The SMILES string of the molecule is CN1C(=O)C(C)(C2(C#N)C=CC=C(c3ccccc3)C2)N=C1N. The van der Waals surface area contributed by atoms with E-state index in [-0.39, 0.29) is 11.9 Å². The first-order chi connectivity index (χ1) is 10.9. The van der Waals surface area contributed by atoms with Crippen LogP contribution in [0.3, 0.4) is 0 Å². The molecule has 116 valence electrons. The number of allylic oxidation sites excluding steroid dienone is 3. The monoisotopic (exact) mass is 306 g/mol. The van der Waals surface area contributed by atoms with Crippen molar-refractivity contribution < 1.29 is 4.79 Å². The van der Waals surface area contributed by atoms with Crippen molar-refractivity contribution >= 4 is 17.4 Å². The Hall–Kier alpha value is -2.87. The number of guanidine groups is 1. The summed E-state index contributed by atoms with van der Waals surface area (Å²) in [6.45, 7) is 1.69. The Morgan fingerprint density at radius 2 is 2.04 bits per heavy atom. The average molecular weight is 306 g/mol. The molecule has 0 aromatic heterocycles. The van der Waals surface area contributed by atoms with Crippen molar-refractivity contribution in [2.24, 2.45) is 16.1 Å². The van der Waals surface area contributed by atoms with E-state index in [1.54, 1.807) is 20.0 Å². The Kier molecular flexibility index (Phi) is 3.33. The fourth-order valence-corrected chi connectivity index (χ4v) is 3.19. The van der Waals surface area contributed by atoms with E-state index in [9.17, 15) is 10.1 Å². The molecule has 2 unspecified atom stereocenters. The lowest BCUT2D eigenvalue weighted by Gasteiger charge is -2.37. The summed E-state index contributed by atoms with van der Waals surface area (Å²) in [5.41, 5.74) is 5.59. The van der Waals surface area contributed by atoms with Gasteiger partial charge >= 0.3 is 0 Å². The average Bonchev–Trinajstić information content (AvgIpc) is 2.80. The van der Waals surface area contributed by atoms with Gasteiger partial charge in [-0.3, -0.25) is 9.69 Å². The molecule has 2 aliphatic rings. The van der Waals surface area contributed by atoms with E-state index in [0.717, 1.165) is 11.1 Å². The number of hydrogen-bond acceptors (Lipinski definition) is 4. The largest absolute Gasteiger partial charge is 0.369 e. The molecule has 5 nitrogen and oxygen atoms in total.